The van der Waals surface area contributed by atoms with Gasteiger partial charge in [-0.2, -0.15) is 5.10 Å². The van der Waals surface area contributed by atoms with Crippen molar-refractivity contribution in [3.63, 3.8) is 0 Å². The van der Waals surface area contributed by atoms with E-state index in [1.807, 2.05) is 6.07 Å². The highest BCUT2D eigenvalue weighted by atomic mass is 19.1. The van der Waals surface area contributed by atoms with Crippen LogP contribution >= 0.6 is 0 Å². The molecule has 0 spiro atoms. The van der Waals surface area contributed by atoms with Crippen LogP contribution in [-0.2, 0) is 0 Å². The predicted molar refractivity (Wildman–Crippen MR) is 133 cm³/mol. The third-order valence-corrected chi connectivity index (χ3v) is 6.34. The molecule has 11 heteroatoms. The maximum atomic E-state index is 13.4. The molecule has 1 aliphatic rings. The Bertz CT molecular complexity index is 1730. The first-order valence-electron chi connectivity index (χ1n) is 11.4. The number of halogens is 1. The summed E-state index contributed by atoms with van der Waals surface area (Å²) in [5.74, 6) is 1.07. The third-order valence-electron chi connectivity index (χ3n) is 6.34. The second kappa shape index (κ2) is 7.89. The summed E-state index contributed by atoms with van der Waals surface area (Å²) in [5.41, 5.74) is 11.8. The number of anilines is 1. The van der Waals surface area contributed by atoms with Gasteiger partial charge in [0.1, 0.15) is 23.0 Å². The number of nitrogens with two attached hydrogens (primary N) is 1. The first-order chi connectivity index (χ1) is 17.6. The smallest absolute Gasteiger partial charge is 0.159 e. The first kappa shape index (κ1) is 20.6. The summed E-state index contributed by atoms with van der Waals surface area (Å²) in [5, 5.41) is 8.37. The van der Waals surface area contributed by atoms with E-state index in [1.54, 1.807) is 43.1 Å². The third kappa shape index (κ3) is 3.36. The molecule has 1 aromatic carbocycles. The van der Waals surface area contributed by atoms with Crippen LogP contribution in [0.15, 0.2) is 61.3 Å². The quantitative estimate of drug-likeness (QED) is 0.351. The van der Waals surface area contributed by atoms with Crippen LogP contribution in [0.25, 0.3) is 56.0 Å². The predicted octanol–water partition coefficient (Wildman–Crippen LogP) is 3.31. The van der Waals surface area contributed by atoms with Crippen LogP contribution < -0.4 is 10.6 Å². The number of benzene rings is 1. The zero-order chi connectivity index (χ0) is 24.2. The van der Waals surface area contributed by atoms with Gasteiger partial charge in [0.15, 0.2) is 5.82 Å². The highest BCUT2D eigenvalue weighted by Gasteiger charge is 2.25. The number of hydrogen-bond acceptors (Lipinski definition) is 8. The Kier molecular flexibility index (Phi) is 4.51. The molecular weight excluding hydrogens is 459 g/mol. The number of imidazole rings is 1. The van der Waals surface area contributed by atoms with Gasteiger partial charge in [-0.1, -0.05) is 12.1 Å². The van der Waals surface area contributed by atoms with Gasteiger partial charge in [0, 0.05) is 36.3 Å². The molecule has 0 unspecified atom stereocenters. The molecule has 1 fully saturated rings. The molecule has 0 saturated carbocycles. The van der Waals surface area contributed by atoms with Gasteiger partial charge in [-0.3, -0.25) is 20.1 Å². The molecule has 176 valence electrons. The number of nitrogens with zero attached hydrogens (tertiary/aromatic N) is 7. The van der Waals surface area contributed by atoms with Crippen LogP contribution in [-0.4, -0.2) is 59.2 Å². The summed E-state index contributed by atoms with van der Waals surface area (Å²) < 4.78 is 13.4. The SMILES string of the molecule is NC1CN(c2cncc(-c3cc4c(-c5nc6c(-c7ccc(F)cc7)cncc6[nH]5)n[nH]c4cn3)n2)C1. The summed E-state index contributed by atoms with van der Waals surface area (Å²) in [6, 6.07) is 8.37. The molecule has 0 amide bonds. The minimum absolute atomic E-state index is 0.168. The molecule has 0 bridgehead atoms. The lowest BCUT2D eigenvalue weighted by Gasteiger charge is -2.37. The summed E-state index contributed by atoms with van der Waals surface area (Å²) in [6.07, 6.45) is 8.59. The normalized spacial score (nSPS) is 14.0. The summed E-state index contributed by atoms with van der Waals surface area (Å²) >= 11 is 0. The van der Waals surface area contributed by atoms with E-state index in [4.69, 9.17) is 15.7 Å². The minimum atomic E-state index is -0.294. The van der Waals surface area contributed by atoms with Gasteiger partial charge in [-0.05, 0) is 23.8 Å². The van der Waals surface area contributed by atoms with Crippen LogP contribution in [0.4, 0.5) is 10.2 Å². The molecule has 1 saturated heterocycles. The monoisotopic (exact) mass is 478 g/mol. The van der Waals surface area contributed by atoms with E-state index in [2.05, 4.69) is 35.0 Å². The second-order valence-electron chi connectivity index (χ2n) is 8.79. The molecular formula is C25H19FN10. The number of rotatable bonds is 4. The molecule has 36 heavy (non-hydrogen) atoms. The number of H-pyrrole nitrogens is 2. The van der Waals surface area contributed by atoms with Crippen molar-refractivity contribution in [1.82, 2.24) is 40.1 Å². The number of aromatic amines is 2. The summed E-state index contributed by atoms with van der Waals surface area (Å²) in [4.78, 5) is 28.2. The Morgan fingerprint density at radius 2 is 1.75 bits per heavy atom. The highest BCUT2D eigenvalue weighted by molar-refractivity contribution is 5.97. The van der Waals surface area contributed by atoms with Gasteiger partial charge in [0.25, 0.3) is 0 Å². The highest BCUT2D eigenvalue weighted by Crippen LogP contribution is 2.32. The molecule has 6 aromatic rings. The largest absolute Gasteiger partial charge is 0.352 e. The maximum Gasteiger partial charge on any atom is 0.159 e. The van der Waals surface area contributed by atoms with Crippen LogP contribution in [0.1, 0.15) is 0 Å². The van der Waals surface area contributed by atoms with Crippen LogP contribution in [0.5, 0.6) is 0 Å². The Balaban J connectivity index is 1.30. The number of fused-ring (bicyclic) bond motifs is 2. The topological polar surface area (TPSA) is 138 Å². The number of hydrogen-bond donors (Lipinski definition) is 3. The van der Waals surface area contributed by atoms with E-state index in [-0.39, 0.29) is 11.9 Å². The van der Waals surface area contributed by atoms with Crippen molar-refractivity contribution in [3.8, 4) is 34.0 Å². The Hall–Kier alpha value is -4.77. The van der Waals surface area contributed by atoms with E-state index in [0.29, 0.717) is 22.9 Å². The molecule has 1 aliphatic heterocycles. The average Bonchev–Trinajstić information content (AvgIpc) is 3.51. The zero-order valence-corrected chi connectivity index (χ0v) is 18.9. The molecule has 6 heterocycles. The van der Waals surface area contributed by atoms with Crippen molar-refractivity contribution < 1.29 is 4.39 Å². The fourth-order valence-electron chi connectivity index (χ4n) is 4.45. The van der Waals surface area contributed by atoms with Crippen LogP contribution in [0.2, 0.25) is 0 Å². The molecule has 0 aliphatic carbocycles. The molecule has 0 radical (unpaired) electrons. The van der Waals surface area contributed by atoms with E-state index >= 15 is 0 Å². The van der Waals surface area contributed by atoms with E-state index in [9.17, 15) is 4.39 Å². The van der Waals surface area contributed by atoms with Crippen molar-refractivity contribution in [2.24, 2.45) is 5.73 Å². The Morgan fingerprint density at radius 1 is 0.917 bits per heavy atom. The van der Waals surface area contributed by atoms with Gasteiger partial charge < -0.3 is 15.6 Å². The first-order valence-corrected chi connectivity index (χ1v) is 11.4. The Morgan fingerprint density at radius 3 is 2.58 bits per heavy atom. The van der Waals surface area contributed by atoms with Gasteiger partial charge in [-0.15, -0.1) is 0 Å². The van der Waals surface area contributed by atoms with E-state index in [1.165, 1.54) is 12.1 Å². The summed E-state index contributed by atoms with van der Waals surface area (Å²) in [6.45, 7) is 1.52. The Labute approximate surface area is 203 Å². The van der Waals surface area contributed by atoms with Gasteiger partial charge >= 0.3 is 0 Å². The second-order valence-corrected chi connectivity index (χ2v) is 8.79. The zero-order valence-electron chi connectivity index (χ0n) is 18.9. The van der Waals surface area contributed by atoms with E-state index < -0.39 is 0 Å². The van der Waals surface area contributed by atoms with Crippen LogP contribution in [0, 0.1) is 5.82 Å². The van der Waals surface area contributed by atoms with Gasteiger partial charge in [0.2, 0.25) is 0 Å². The number of aromatic nitrogens is 8. The lowest BCUT2D eigenvalue weighted by Crippen LogP contribution is -2.56. The van der Waals surface area contributed by atoms with Crippen molar-refractivity contribution in [2.75, 3.05) is 18.0 Å². The molecule has 7 rings (SSSR count). The van der Waals surface area contributed by atoms with E-state index in [0.717, 1.165) is 52.0 Å². The standard InChI is InChI=1S/C25H19FN10/c26-14-3-1-13(2-4-14)17-6-28-8-21-23(17)33-25(32-21)24-16-5-18(30-9-19(16)34-35-24)20-7-29-10-22(31-20)36-11-15(27)12-36/h1-10,15H,11-12,27H2,(H,32,33)(H,34,35). The lowest BCUT2D eigenvalue weighted by atomic mass is 10.1. The number of pyridine rings is 2. The molecule has 5 aromatic heterocycles. The molecule has 10 nitrogen and oxygen atoms in total. The number of nitrogens with one attached hydrogen (secondary N) is 2. The fraction of sp³-hybridized carbons (Fsp3) is 0.120. The lowest BCUT2D eigenvalue weighted by molar-refractivity contribution is 0.514. The average molecular weight is 478 g/mol. The maximum absolute atomic E-state index is 13.4. The van der Waals surface area contributed by atoms with Crippen molar-refractivity contribution in [1.29, 1.82) is 0 Å². The van der Waals surface area contributed by atoms with Crippen molar-refractivity contribution in [3.05, 3.63) is 67.1 Å². The summed E-state index contributed by atoms with van der Waals surface area (Å²) in [7, 11) is 0. The van der Waals surface area contributed by atoms with Crippen molar-refractivity contribution in [2.45, 2.75) is 6.04 Å². The fourth-order valence-corrected chi connectivity index (χ4v) is 4.45. The van der Waals surface area contributed by atoms with Gasteiger partial charge in [-0.25, -0.2) is 14.4 Å². The minimum Gasteiger partial charge on any atom is -0.352 e. The van der Waals surface area contributed by atoms with Gasteiger partial charge in [0.05, 0.1) is 47.0 Å². The molecule has 4 N–H and O–H groups in total. The van der Waals surface area contributed by atoms with Crippen LogP contribution in [0.3, 0.4) is 0 Å². The molecule has 0 atom stereocenters. The van der Waals surface area contributed by atoms with Crippen molar-refractivity contribution >= 4 is 27.8 Å².